The van der Waals surface area contributed by atoms with Crippen LogP contribution in [-0.4, -0.2) is 31.4 Å². The van der Waals surface area contributed by atoms with Crippen molar-refractivity contribution in [1.29, 1.82) is 0 Å². The molecular weight excluding hydrogens is 428 g/mol. The third kappa shape index (κ3) is 2.82. The molecule has 0 radical (unpaired) electrons. The van der Waals surface area contributed by atoms with Crippen LogP contribution in [0.2, 0.25) is 0 Å². The topological polar surface area (TPSA) is 61.8 Å². The second-order valence-electron chi connectivity index (χ2n) is 13.7. The van der Waals surface area contributed by atoms with Crippen molar-refractivity contribution in [2.45, 2.75) is 79.8 Å². The lowest BCUT2D eigenvalue weighted by atomic mass is 9.59. The molecule has 0 spiro atoms. The van der Waals surface area contributed by atoms with Crippen LogP contribution < -0.4 is 0 Å². The third-order valence-electron chi connectivity index (χ3n) is 13.0. The molecular formula is C29H44O5. The van der Waals surface area contributed by atoms with Gasteiger partial charge >= 0.3 is 11.9 Å². The zero-order valence-electron chi connectivity index (χ0n) is 21.9. The van der Waals surface area contributed by atoms with E-state index >= 15 is 0 Å². The first-order valence-corrected chi connectivity index (χ1v) is 14.1. The molecule has 5 nitrogen and oxygen atoms in total. The van der Waals surface area contributed by atoms with E-state index in [2.05, 4.69) is 34.6 Å². The predicted molar refractivity (Wildman–Crippen MR) is 127 cm³/mol. The van der Waals surface area contributed by atoms with Crippen molar-refractivity contribution in [2.24, 2.45) is 75.9 Å². The van der Waals surface area contributed by atoms with Crippen LogP contribution >= 0.6 is 0 Å². The Balaban J connectivity index is 1.26. The van der Waals surface area contributed by atoms with Crippen molar-refractivity contribution in [2.75, 3.05) is 13.4 Å². The molecule has 0 aliphatic heterocycles. The lowest BCUT2D eigenvalue weighted by Gasteiger charge is -2.46. The van der Waals surface area contributed by atoms with E-state index in [1.54, 1.807) is 0 Å². The van der Waals surface area contributed by atoms with E-state index in [-0.39, 0.29) is 59.3 Å². The smallest absolute Gasteiger partial charge is 0.312 e. The second kappa shape index (κ2) is 7.70. The van der Waals surface area contributed by atoms with Gasteiger partial charge in [-0.05, 0) is 97.7 Å². The molecule has 0 N–H and O–H groups in total. The van der Waals surface area contributed by atoms with Crippen molar-refractivity contribution in [3.63, 3.8) is 0 Å². The standard InChI is InChI=1S/C29H44O5/c1-7-32-13-33-26(30)24-19-12-20(23-18-11-17(22(19)23)14(2)15(18)3)25(24)27(31)34-21-10-16-8-9-29(21,6)28(16,4)5/h14-25H,7-13H2,1-6H3. The number of carbonyl (C=O) groups is 2. The van der Waals surface area contributed by atoms with E-state index < -0.39 is 0 Å². The molecule has 0 heterocycles. The van der Waals surface area contributed by atoms with Crippen LogP contribution in [0.4, 0.5) is 0 Å². The number of fused-ring (bicyclic) bond motifs is 11. The Hall–Kier alpha value is -1.10. The highest BCUT2D eigenvalue weighted by molar-refractivity contribution is 5.84. The van der Waals surface area contributed by atoms with E-state index in [4.69, 9.17) is 14.2 Å². The monoisotopic (exact) mass is 472 g/mol. The zero-order valence-corrected chi connectivity index (χ0v) is 21.9. The van der Waals surface area contributed by atoms with Gasteiger partial charge in [0.2, 0.25) is 0 Å². The van der Waals surface area contributed by atoms with Crippen LogP contribution in [0.3, 0.4) is 0 Å². The van der Waals surface area contributed by atoms with Gasteiger partial charge in [0, 0.05) is 12.0 Å². The Morgan fingerprint density at radius 3 is 1.97 bits per heavy atom. The molecule has 13 unspecified atom stereocenters. The number of carbonyl (C=O) groups excluding carboxylic acids is 2. The van der Waals surface area contributed by atoms with Crippen LogP contribution in [0.15, 0.2) is 0 Å². The Labute approximate surface area is 205 Å². The van der Waals surface area contributed by atoms with Crippen LogP contribution in [0.25, 0.3) is 0 Å². The average Bonchev–Trinajstić information content (AvgIpc) is 3.58. The number of ether oxygens (including phenoxy) is 3. The summed E-state index contributed by atoms with van der Waals surface area (Å²) in [6, 6.07) is 0. The minimum absolute atomic E-state index is 0.0187. The lowest BCUT2D eigenvalue weighted by molar-refractivity contribution is -0.180. The van der Waals surface area contributed by atoms with Gasteiger partial charge in [-0.1, -0.05) is 34.6 Å². The molecule has 190 valence electrons. The van der Waals surface area contributed by atoms with Crippen molar-refractivity contribution >= 4 is 11.9 Å². The number of hydrogen-bond acceptors (Lipinski definition) is 5. The van der Waals surface area contributed by atoms with Crippen LogP contribution in [0.1, 0.15) is 73.6 Å². The maximum atomic E-state index is 13.9. The molecule has 13 atom stereocenters. The first-order chi connectivity index (χ1) is 16.1. The quantitative estimate of drug-likeness (QED) is 0.227. The van der Waals surface area contributed by atoms with Crippen LogP contribution in [0, 0.1) is 75.9 Å². The molecule has 6 aliphatic carbocycles. The highest BCUT2D eigenvalue weighted by atomic mass is 16.7. The van der Waals surface area contributed by atoms with Crippen molar-refractivity contribution in [3.8, 4) is 0 Å². The van der Waals surface area contributed by atoms with Gasteiger partial charge < -0.3 is 14.2 Å². The van der Waals surface area contributed by atoms with Crippen molar-refractivity contribution in [3.05, 3.63) is 0 Å². The molecule has 6 fully saturated rings. The highest BCUT2D eigenvalue weighted by Crippen LogP contribution is 2.73. The minimum atomic E-state index is -0.361. The molecule has 0 saturated heterocycles. The zero-order chi connectivity index (χ0) is 24.2. The largest absolute Gasteiger partial charge is 0.462 e. The first kappa shape index (κ1) is 23.3. The van der Waals surface area contributed by atoms with E-state index in [9.17, 15) is 9.59 Å². The molecule has 5 heteroatoms. The summed E-state index contributed by atoms with van der Waals surface area (Å²) < 4.78 is 17.3. The molecule has 6 saturated carbocycles. The van der Waals surface area contributed by atoms with E-state index in [1.165, 1.54) is 12.8 Å². The minimum Gasteiger partial charge on any atom is -0.462 e. The molecule has 6 aliphatic rings. The predicted octanol–water partition coefficient (Wildman–Crippen LogP) is 5.32. The van der Waals surface area contributed by atoms with Gasteiger partial charge in [0.05, 0.1) is 11.8 Å². The summed E-state index contributed by atoms with van der Waals surface area (Å²) in [5, 5.41) is 0. The summed E-state index contributed by atoms with van der Waals surface area (Å²) in [7, 11) is 0. The number of esters is 2. The Bertz CT molecular complexity index is 867. The van der Waals surface area contributed by atoms with Crippen molar-refractivity contribution < 1.29 is 23.8 Å². The van der Waals surface area contributed by atoms with E-state index in [0.29, 0.717) is 42.1 Å². The fourth-order valence-electron chi connectivity index (χ4n) is 10.7. The maximum absolute atomic E-state index is 13.9. The van der Waals surface area contributed by atoms with Crippen molar-refractivity contribution in [1.82, 2.24) is 0 Å². The van der Waals surface area contributed by atoms with Gasteiger partial charge in [0.1, 0.15) is 6.10 Å². The van der Waals surface area contributed by atoms with E-state index in [0.717, 1.165) is 25.2 Å². The van der Waals surface area contributed by atoms with Gasteiger partial charge in [-0.3, -0.25) is 9.59 Å². The van der Waals surface area contributed by atoms with Gasteiger partial charge in [-0.15, -0.1) is 0 Å². The number of rotatable bonds is 6. The van der Waals surface area contributed by atoms with Gasteiger partial charge in [0.15, 0.2) is 6.79 Å². The first-order valence-electron chi connectivity index (χ1n) is 14.1. The molecule has 6 bridgehead atoms. The summed E-state index contributed by atoms with van der Waals surface area (Å²) in [6.07, 6.45) is 5.59. The van der Waals surface area contributed by atoms with Gasteiger partial charge in [-0.2, -0.15) is 0 Å². The summed E-state index contributed by atoms with van der Waals surface area (Å²) in [5.41, 5.74) is 0.235. The van der Waals surface area contributed by atoms with Crippen LogP contribution in [-0.2, 0) is 23.8 Å². The fourth-order valence-corrected chi connectivity index (χ4v) is 10.7. The summed E-state index contributed by atoms with van der Waals surface area (Å²) in [6.45, 7) is 14.2. The molecule has 0 aromatic carbocycles. The molecule has 0 aromatic rings. The second-order valence-corrected chi connectivity index (χ2v) is 13.7. The Kier molecular flexibility index (Phi) is 5.28. The maximum Gasteiger partial charge on any atom is 0.312 e. The summed E-state index contributed by atoms with van der Waals surface area (Å²) in [5.74, 6) is 4.12. The number of hydrogen-bond donors (Lipinski definition) is 0. The molecule has 34 heavy (non-hydrogen) atoms. The Morgan fingerprint density at radius 2 is 1.44 bits per heavy atom. The molecule has 0 amide bonds. The molecule has 6 rings (SSSR count). The Morgan fingerprint density at radius 1 is 0.853 bits per heavy atom. The van der Waals surface area contributed by atoms with Crippen LogP contribution in [0.5, 0.6) is 0 Å². The SMILES string of the molecule is CCOCOC(=O)C1C2CC(C1C(=O)OC1CC3CCC1(C)C3(C)C)C1C3CC(C(C)C3C)C21. The lowest BCUT2D eigenvalue weighted by Crippen LogP contribution is -2.49. The average molecular weight is 473 g/mol. The highest BCUT2D eigenvalue weighted by Gasteiger charge is 2.72. The van der Waals surface area contributed by atoms with Gasteiger partial charge in [-0.25, -0.2) is 0 Å². The normalized spacial score (nSPS) is 53.4. The third-order valence-corrected chi connectivity index (χ3v) is 13.0. The molecule has 0 aromatic heterocycles. The fraction of sp³-hybridized carbons (Fsp3) is 0.931. The van der Waals surface area contributed by atoms with E-state index in [1.807, 2.05) is 6.92 Å². The van der Waals surface area contributed by atoms with Gasteiger partial charge in [0.25, 0.3) is 0 Å². The summed E-state index contributed by atoms with van der Waals surface area (Å²) >= 11 is 0. The summed E-state index contributed by atoms with van der Waals surface area (Å²) in [4.78, 5) is 27.3.